The summed E-state index contributed by atoms with van der Waals surface area (Å²) in [5.74, 6) is -0.791. The van der Waals surface area contributed by atoms with Crippen LogP contribution in [0.15, 0.2) is 53.4 Å². The van der Waals surface area contributed by atoms with Crippen LogP contribution in [0, 0.1) is 0 Å². The summed E-state index contributed by atoms with van der Waals surface area (Å²) >= 11 is 0. The van der Waals surface area contributed by atoms with Crippen molar-refractivity contribution < 1.29 is 22.0 Å². The van der Waals surface area contributed by atoms with Gasteiger partial charge in [0.15, 0.2) is 0 Å². The van der Waals surface area contributed by atoms with Gasteiger partial charge in [0.05, 0.1) is 15.9 Å². The molecule has 1 fully saturated rings. The lowest BCUT2D eigenvalue weighted by Gasteiger charge is -2.26. The van der Waals surface area contributed by atoms with Crippen LogP contribution in [0.3, 0.4) is 0 Å². The summed E-state index contributed by atoms with van der Waals surface area (Å²) in [4.78, 5) is 17.1. The molecule has 0 spiro atoms. The summed E-state index contributed by atoms with van der Waals surface area (Å²) in [6.45, 7) is -0.0412. The van der Waals surface area contributed by atoms with Crippen LogP contribution in [0.5, 0.6) is 0 Å². The highest BCUT2D eigenvalue weighted by molar-refractivity contribution is 7.89. The molecule has 1 amide bonds. The Hall–Kier alpha value is -2.85. The molecule has 0 unspecified atom stereocenters. The Morgan fingerprint density at radius 1 is 1.09 bits per heavy atom. The maximum atomic E-state index is 13.7. The van der Waals surface area contributed by atoms with E-state index in [2.05, 4.69) is 10.3 Å². The molecular weight excluding hydrogens is 450 g/mol. The van der Waals surface area contributed by atoms with Gasteiger partial charge in [0.1, 0.15) is 5.82 Å². The highest BCUT2D eigenvalue weighted by atomic mass is 32.2. The zero-order valence-electron chi connectivity index (χ0n) is 18.2. The van der Waals surface area contributed by atoms with Crippen molar-refractivity contribution >= 4 is 27.0 Å². The van der Waals surface area contributed by atoms with Gasteiger partial charge in [-0.25, -0.2) is 13.4 Å². The highest BCUT2D eigenvalue weighted by Crippen LogP contribution is 2.27. The van der Waals surface area contributed by atoms with Crippen molar-refractivity contribution in [3.05, 3.63) is 59.9 Å². The van der Waals surface area contributed by atoms with E-state index in [-0.39, 0.29) is 22.8 Å². The van der Waals surface area contributed by atoms with Crippen molar-refractivity contribution in [3.63, 3.8) is 0 Å². The summed E-state index contributed by atoms with van der Waals surface area (Å²) in [6, 6.07) is 12.5. The number of amides is 1. The second-order valence-electron chi connectivity index (χ2n) is 8.21. The number of hydrogen-bond donors (Lipinski definition) is 1. The van der Waals surface area contributed by atoms with Gasteiger partial charge in [-0.1, -0.05) is 31.5 Å². The first-order chi connectivity index (χ1) is 15.8. The van der Waals surface area contributed by atoms with Crippen molar-refractivity contribution in [1.29, 1.82) is 0 Å². The van der Waals surface area contributed by atoms with Crippen molar-refractivity contribution in [2.45, 2.75) is 43.5 Å². The third kappa shape index (κ3) is 4.77. The second kappa shape index (κ2) is 9.56. The van der Waals surface area contributed by atoms with Gasteiger partial charge in [0.25, 0.3) is 5.91 Å². The number of rotatable bonds is 7. The fourth-order valence-corrected chi connectivity index (χ4v) is 5.67. The van der Waals surface area contributed by atoms with Gasteiger partial charge in [-0.05, 0) is 43.2 Å². The van der Waals surface area contributed by atoms with E-state index in [1.54, 1.807) is 31.2 Å². The number of para-hydroxylation sites is 2. The van der Waals surface area contributed by atoms with E-state index in [4.69, 9.17) is 0 Å². The number of fused-ring (bicyclic) bond motifs is 1. The summed E-state index contributed by atoms with van der Waals surface area (Å²) < 4.78 is 55.5. The molecule has 33 heavy (non-hydrogen) atoms. The standard InChI is InChI=1S/C23H26F2N4O3S/c1-16(21-27-19-10-3-4-11-20(19)29(21)23(24)25)15-26-22(30)17-8-7-9-18(14-17)33(31,32)28-12-5-2-6-13-28/h3-4,7-11,14,16,23H,2,5-6,12-13,15H2,1H3,(H,26,30)/t16-/m0/s1. The van der Waals surface area contributed by atoms with Gasteiger partial charge in [0, 0.05) is 31.1 Å². The molecular formula is C23H26F2N4O3S. The molecule has 1 aromatic heterocycles. The Kier molecular flexibility index (Phi) is 6.76. The first kappa shape index (κ1) is 23.3. The van der Waals surface area contributed by atoms with E-state index in [0.29, 0.717) is 24.1 Å². The normalized spacial score (nSPS) is 16.2. The first-order valence-electron chi connectivity index (χ1n) is 10.9. The Labute approximate surface area is 191 Å². The molecule has 3 aromatic rings. The number of sulfonamides is 1. The lowest BCUT2D eigenvalue weighted by atomic mass is 10.1. The molecule has 10 heteroatoms. The molecule has 1 atom stereocenters. The molecule has 0 aliphatic carbocycles. The van der Waals surface area contributed by atoms with Gasteiger partial charge in [0.2, 0.25) is 10.0 Å². The van der Waals surface area contributed by atoms with E-state index in [9.17, 15) is 22.0 Å². The minimum Gasteiger partial charge on any atom is -0.351 e. The average Bonchev–Trinajstić information content (AvgIpc) is 3.23. The molecule has 2 aromatic carbocycles. The molecule has 1 N–H and O–H groups in total. The molecule has 176 valence electrons. The van der Waals surface area contributed by atoms with Crippen molar-refractivity contribution in [2.75, 3.05) is 19.6 Å². The van der Waals surface area contributed by atoms with Gasteiger partial charge in [-0.3, -0.25) is 9.36 Å². The summed E-state index contributed by atoms with van der Waals surface area (Å²) in [7, 11) is -3.67. The molecule has 2 heterocycles. The van der Waals surface area contributed by atoms with Gasteiger partial charge in [-0.2, -0.15) is 13.1 Å². The van der Waals surface area contributed by atoms with E-state index in [1.807, 2.05) is 0 Å². The van der Waals surface area contributed by atoms with Crippen LogP contribution < -0.4 is 5.32 Å². The van der Waals surface area contributed by atoms with Crippen LogP contribution in [0.25, 0.3) is 11.0 Å². The predicted molar refractivity (Wildman–Crippen MR) is 121 cm³/mol. The van der Waals surface area contributed by atoms with Crippen molar-refractivity contribution in [2.24, 2.45) is 0 Å². The number of aromatic nitrogens is 2. The Balaban J connectivity index is 1.49. The maximum Gasteiger partial charge on any atom is 0.320 e. The minimum atomic E-state index is -3.67. The maximum absolute atomic E-state index is 13.7. The number of benzene rings is 2. The third-order valence-electron chi connectivity index (χ3n) is 5.88. The predicted octanol–water partition coefficient (Wildman–Crippen LogP) is 4.14. The van der Waals surface area contributed by atoms with Crippen molar-refractivity contribution in [3.8, 4) is 0 Å². The van der Waals surface area contributed by atoms with Crippen LogP contribution in [-0.4, -0.2) is 47.8 Å². The molecule has 0 bridgehead atoms. The number of carbonyl (C=O) groups is 1. The zero-order valence-corrected chi connectivity index (χ0v) is 19.1. The fourth-order valence-electron chi connectivity index (χ4n) is 4.11. The van der Waals surface area contributed by atoms with Crippen LogP contribution >= 0.6 is 0 Å². The second-order valence-corrected chi connectivity index (χ2v) is 10.1. The number of piperidine rings is 1. The topological polar surface area (TPSA) is 84.3 Å². The van der Waals surface area contributed by atoms with Crippen molar-refractivity contribution in [1.82, 2.24) is 19.2 Å². The number of alkyl halides is 2. The number of nitrogens with one attached hydrogen (secondary N) is 1. The molecule has 0 radical (unpaired) electrons. The Morgan fingerprint density at radius 3 is 2.55 bits per heavy atom. The lowest BCUT2D eigenvalue weighted by molar-refractivity contribution is 0.0704. The number of hydrogen-bond acceptors (Lipinski definition) is 4. The summed E-state index contributed by atoms with van der Waals surface area (Å²) in [5.41, 5.74) is 0.987. The SMILES string of the molecule is C[C@@H](CNC(=O)c1cccc(S(=O)(=O)N2CCCCC2)c1)c1nc2ccccc2n1C(F)F. The van der Waals surface area contributed by atoms with Crippen LogP contribution in [0.2, 0.25) is 0 Å². The highest BCUT2D eigenvalue weighted by Gasteiger charge is 2.27. The molecule has 7 nitrogen and oxygen atoms in total. The summed E-state index contributed by atoms with van der Waals surface area (Å²) in [6.07, 6.45) is 2.65. The van der Waals surface area contributed by atoms with E-state index >= 15 is 0 Å². The van der Waals surface area contributed by atoms with E-state index in [0.717, 1.165) is 23.8 Å². The van der Waals surface area contributed by atoms with Crippen LogP contribution in [0.4, 0.5) is 8.78 Å². The lowest BCUT2D eigenvalue weighted by Crippen LogP contribution is -2.35. The Morgan fingerprint density at radius 2 is 1.82 bits per heavy atom. The van der Waals surface area contributed by atoms with E-state index < -0.39 is 28.4 Å². The minimum absolute atomic E-state index is 0.0674. The number of carbonyl (C=O) groups excluding carboxylic acids is 1. The zero-order chi connectivity index (χ0) is 23.6. The monoisotopic (exact) mass is 476 g/mol. The smallest absolute Gasteiger partial charge is 0.320 e. The van der Waals surface area contributed by atoms with Gasteiger partial charge < -0.3 is 5.32 Å². The summed E-state index contributed by atoms with van der Waals surface area (Å²) in [5, 5.41) is 2.72. The first-order valence-corrected chi connectivity index (χ1v) is 12.4. The third-order valence-corrected chi connectivity index (χ3v) is 7.77. The Bertz CT molecular complexity index is 1250. The van der Waals surface area contributed by atoms with Crippen LogP contribution in [0.1, 0.15) is 54.8 Å². The average molecular weight is 477 g/mol. The van der Waals surface area contributed by atoms with Gasteiger partial charge >= 0.3 is 6.55 Å². The number of halogens is 2. The number of nitrogens with zero attached hydrogens (tertiary/aromatic N) is 3. The van der Waals surface area contributed by atoms with Gasteiger partial charge in [-0.15, -0.1) is 0 Å². The van der Waals surface area contributed by atoms with E-state index in [1.165, 1.54) is 28.6 Å². The molecule has 1 saturated heterocycles. The molecule has 0 saturated carbocycles. The molecule has 1 aliphatic heterocycles. The number of imidazole rings is 1. The molecule has 1 aliphatic rings. The fraction of sp³-hybridized carbons (Fsp3) is 0.391. The van der Waals surface area contributed by atoms with Crippen LogP contribution in [-0.2, 0) is 10.0 Å². The quantitative estimate of drug-likeness (QED) is 0.556. The molecule has 4 rings (SSSR count). The largest absolute Gasteiger partial charge is 0.351 e.